The van der Waals surface area contributed by atoms with Crippen molar-refractivity contribution in [3.05, 3.63) is 218 Å². The molecule has 0 aliphatic rings. The molecule has 336 valence electrons. The Hall–Kier alpha value is -9.54. The fourth-order valence-corrected chi connectivity index (χ4v) is 8.81. The van der Waals surface area contributed by atoms with Gasteiger partial charge in [-0.2, -0.15) is 0 Å². The molecule has 0 fully saturated rings. The van der Waals surface area contributed by atoms with Gasteiger partial charge in [-0.3, -0.25) is 0 Å². The van der Waals surface area contributed by atoms with E-state index in [1.165, 1.54) is 0 Å². The molecule has 12 rings (SSSR count). The Labute approximate surface area is 403 Å². The van der Waals surface area contributed by atoms with Crippen LogP contribution in [0.2, 0.25) is 0 Å². The zero-order valence-corrected chi connectivity index (χ0v) is 38.1. The summed E-state index contributed by atoms with van der Waals surface area (Å²) in [5.74, 6) is 2.56. The minimum atomic E-state index is 0.548. The smallest absolute Gasteiger partial charge is 0.227 e. The van der Waals surface area contributed by atoms with Gasteiger partial charge in [0.05, 0.1) is 36.6 Å². The van der Waals surface area contributed by atoms with E-state index >= 15 is 0 Å². The predicted octanol–water partition coefficient (Wildman–Crippen LogP) is 15.5. The number of oxazole rings is 2. The van der Waals surface area contributed by atoms with Gasteiger partial charge in [-0.1, -0.05) is 72.8 Å². The first-order valence-corrected chi connectivity index (χ1v) is 22.8. The monoisotopic (exact) mass is 910 g/mol. The van der Waals surface area contributed by atoms with E-state index < -0.39 is 0 Å². The predicted molar refractivity (Wildman–Crippen MR) is 279 cm³/mol. The number of para-hydroxylation sites is 4. The quantitative estimate of drug-likeness (QED) is 0.118. The summed E-state index contributed by atoms with van der Waals surface area (Å²) < 4.78 is 23.0. The maximum absolute atomic E-state index is 6.13. The average molecular weight is 911 g/mol. The van der Waals surface area contributed by atoms with E-state index in [-0.39, 0.29) is 0 Å². The number of nitrogens with zero attached hydrogens (tertiary/aromatic N) is 6. The van der Waals surface area contributed by atoms with Crippen LogP contribution in [0.3, 0.4) is 0 Å². The highest BCUT2D eigenvalue weighted by molar-refractivity contribution is 5.89. The number of rotatable bonds is 12. The molecule has 70 heavy (non-hydrogen) atoms. The number of methoxy groups -OCH3 is 2. The van der Waals surface area contributed by atoms with E-state index in [2.05, 4.69) is 131 Å². The standard InChI is InChI=1S/C60H42N6O4/c1-67-49-33-35-55-53(37-49)63-59(69-55)41-21-29-47(30-22-41)65(43-11-5-3-6-12-43)45-25-17-39(18-26-45)57-58(62-52-16-10-9-15-51(52)61-57)40-19-27-46(28-20-40)66(44-13-7-4-8-14-44)48-31-23-42(24-32-48)60-64-54-38-50(68-2)34-36-56(54)70-60/h3-38H,1-2H3. The van der Waals surface area contributed by atoms with Crippen molar-refractivity contribution in [1.82, 2.24) is 19.9 Å². The van der Waals surface area contributed by atoms with Gasteiger partial charge in [-0.05, 0) is 133 Å². The molecule has 3 heterocycles. The molecule has 0 radical (unpaired) electrons. The van der Waals surface area contributed by atoms with E-state index in [1.807, 2.05) is 97.1 Å². The summed E-state index contributed by atoms with van der Waals surface area (Å²) in [4.78, 5) is 24.5. The Morgan fingerprint density at radius 1 is 0.314 bits per heavy atom. The number of fused-ring (bicyclic) bond motifs is 3. The molecule has 10 nitrogen and oxygen atoms in total. The minimum Gasteiger partial charge on any atom is -0.497 e. The van der Waals surface area contributed by atoms with Crippen LogP contribution in [-0.4, -0.2) is 34.2 Å². The SMILES string of the molecule is COc1ccc2oc(-c3ccc(N(c4ccccc4)c4ccc(-c5nc6ccccc6nc5-c5ccc(N(c6ccccc6)c6ccc(-c7nc8cc(OC)ccc8o7)cc6)cc5)cc4)cc3)nc2c1. The van der Waals surface area contributed by atoms with Gasteiger partial charge in [-0.25, -0.2) is 19.9 Å². The Kier molecular flexibility index (Phi) is 10.7. The number of benzene rings is 9. The number of ether oxygens (including phenoxy) is 2. The number of anilines is 6. The molecule has 9 aromatic carbocycles. The van der Waals surface area contributed by atoms with Crippen LogP contribution in [-0.2, 0) is 0 Å². The molecule has 12 aromatic rings. The van der Waals surface area contributed by atoms with Gasteiger partial charge < -0.3 is 28.1 Å². The lowest BCUT2D eigenvalue weighted by molar-refractivity contribution is 0.415. The molecule has 0 N–H and O–H groups in total. The van der Waals surface area contributed by atoms with Crippen LogP contribution in [0.4, 0.5) is 34.1 Å². The second-order valence-corrected chi connectivity index (χ2v) is 16.6. The van der Waals surface area contributed by atoms with Crippen LogP contribution in [0.1, 0.15) is 0 Å². The van der Waals surface area contributed by atoms with Gasteiger partial charge in [-0.15, -0.1) is 0 Å². The van der Waals surface area contributed by atoms with E-state index in [0.29, 0.717) is 22.9 Å². The van der Waals surface area contributed by atoms with Gasteiger partial charge >= 0.3 is 0 Å². The van der Waals surface area contributed by atoms with Crippen LogP contribution in [0.25, 0.3) is 78.7 Å². The van der Waals surface area contributed by atoms with E-state index in [9.17, 15) is 0 Å². The van der Waals surface area contributed by atoms with Gasteiger partial charge in [0.2, 0.25) is 11.8 Å². The maximum Gasteiger partial charge on any atom is 0.227 e. The molecule has 0 bridgehead atoms. The zero-order valence-electron chi connectivity index (χ0n) is 38.1. The highest BCUT2D eigenvalue weighted by Crippen LogP contribution is 2.41. The van der Waals surface area contributed by atoms with Crippen LogP contribution in [0.15, 0.2) is 227 Å². The Balaban J connectivity index is 0.869. The lowest BCUT2D eigenvalue weighted by Crippen LogP contribution is -2.10. The Bertz CT molecular complexity index is 3530. The fourth-order valence-electron chi connectivity index (χ4n) is 8.81. The molecule has 0 unspecified atom stereocenters. The maximum atomic E-state index is 6.13. The summed E-state index contributed by atoms with van der Waals surface area (Å²) >= 11 is 0. The van der Waals surface area contributed by atoms with E-state index in [1.54, 1.807) is 14.2 Å². The average Bonchev–Trinajstić information content (AvgIpc) is 4.07. The topological polar surface area (TPSA) is 103 Å². The fraction of sp³-hybridized carbons (Fsp3) is 0.0333. The molecule has 3 aromatic heterocycles. The third-order valence-corrected chi connectivity index (χ3v) is 12.3. The molecule has 0 amide bonds. The van der Waals surface area contributed by atoms with Gasteiger partial charge in [0.15, 0.2) is 11.2 Å². The van der Waals surface area contributed by atoms with Crippen LogP contribution in [0, 0.1) is 0 Å². The molecular weight excluding hydrogens is 869 g/mol. The minimum absolute atomic E-state index is 0.548. The van der Waals surface area contributed by atoms with Gasteiger partial charge in [0.25, 0.3) is 0 Å². The van der Waals surface area contributed by atoms with Crippen molar-refractivity contribution in [2.75, 3.05) is 24.0 Å². The first-order valence-electron chi connectivity index (χ1n) is 22.8. The molecule has 0 spiro atoms. The lowest BCUT2D eigenvalue weighted by Gasteiger charge is -2.26. The second-order valence-electron chi connectivity index (χ2n) is 16.6. The summed E-state index contributed by atoms with van der Waals surface area (Å²) in [6.45, 7) is 0. The number of hydrogen-bond donors (Lipinski definition) is 0. The van der Waals surface area contributed by atoms with Crippen LogP contribution in [0.5, 0.6) is 11.5 Å². The number of hydrogen-bond acceptors (Lipinski definition) is 10. The summed E-state index contributed by atoms with van der Waals surface area (Å²) in [6.07, 6.45) is 0. The summed E-state index contributed by atoms with van der Waals surface area (Å²) in [5.41, 5.74) is 15.7. The van der Waals surface area contributed by atoms with Crippen molar-refractivity contribution in [2.24, 2.45) is 0 Å². The van der Waals surface area contributed by atoms with Crippen molar-refractivity contribution in [1.29, 1.82) is 0 Å². The van der Waals surface area contributed by atoms with E-state index in [4.69, 9.17) is 38.2 Å². The normalized spacial score (nSPS) is 11.3. The third-order valence-electron chi connectivity index (χ3n) is 12.3. The largest absolute Gasteiger partial charge is 0.497 e. The molecule has 0 saturated heterocycles. The van der Waals surface area contributed by atoms with Crippen molar-refractivity contribution in [3.63, 3.8) is 0 Å². The first kappa shape index (κ1) is 41.9. The Morgan fingerprint density at radius 3 is 1.00 bits per heavy atom. The zero-order chi connectivity index (χ0) is 47.0. The summed E-state index contributed by atoms with van der Waals surface area (Å²) in [6, 6.07) is 73.6. The highest BCUT2D eigenvalue weighted by Gasteiger charge is 2.20. The first-order chi connectivity index (χ1) is 34.5. The van der Waals surface area contributed by atoms with Crippen LogP contribution >= 0.6 is 0 Å². The van der Waals surface area contributed by atoms with Crippen molar-refractivity contribution >= 4 is 67.4 Å². The molecule has 10 heteroatoms. The molecular formula is C60H42N6O4. The number of aromatic nitrogens is 4. The molecule has 0 saturated carbocycles. The molecule has 0 atom stereocenters. The van der Waals surface area contributed by atoms with Gasteiger partial charge in [0.1, 0.15) is 22.5 Å². The molecule has 0 aliphatic heterocycles. The summed E-state index contributed by atoms with van der Waals surface area (Å²) in [7, 11) is 3.29. The van der Waals surface area contributed by atoms with Gasteiger partial charge in [0, 0.05) is 68.5 Å². The third kappa shape index (κ3) is 7.99. The van der Waals surface area contributed by atoms with Crippen LogP contribution < -0.4 is 19.3 Å². The molecule has 0 aliphatic carbocycles. The highest BCUT2D eigenvalue weighted by atomic mass is 16.5. The van der Waals surface area contributed by atoms with Crippen molar-refractivity contribution in [3.8, 4) is 56.9 Å². The Morgan fingerprint density at radius 2 is 0.643 bits per heavy atom. The second kappa shape index (κ2) is 17.9. The van der Waals surface area contributed by atoms with Crippen molar-refractivity contribution < 1.29 is 18.3 Å². The van der Waals surface area contributed by atoms with Crippen molar-refractivity contribution in [2.45, 2.75) is 0 Å². The summed E-state index contributed by atoms with van der Waals surface area (Å²) in [5, 5.41) is 0. The lowest BCUT2D eigenvalue weighted by atomic mass is 10.0. The van der Waals surface area contributed by atoms with E-state index in [0.717, 1.165) is 101 Å².